The molecule has 1 amide bonds. The van der Waals surface area contributed by atoms with E-state index in [0.29, 0.717) is 12.0 Å². The molecule has 204 valence electrons. The molecular weight excluding hydrogens is 484 g/mol. The van der Waals surface area contributed by atoms with E-state index < -0.39 is 0 Å². The van der Waals surface area contributed by atoms with Gasteiger partial charge in [0.25, 0.3) is 5.91 Å². The maximum atomic E-state index is 13.3. The molecule has 0 radical (unpaired) electrons. The second-order valence-corrected chi connectivity index (χ2v) is 11.1. The number of carbonyl (C=O) groups excluding carboxylic acids is 1. The molecule has 0 aliphatic carbocycles. The van der Waals surface area contributed by atoms with Crippen molar-refractivity contribution in [3.8, 4) is 5.75 Å². The first-order valence-corrected chi connectivity index (χ1v) is 14.2. The summed E-state index contributed by atoms with van der Waals surface area (Å²) in [6.07, 6.45) is 2.82. The summed E-state index contributed by atoms with van der Waals surface area (Å²) in [7, 11) is 0. The van der Waals surface area contributed by atoms with Crippen molar-refractivity contribution in [3.05, 3.63) is 84.1 Å². The molecule has 1 N–H and O–H groups in total. The molecule has 39 heavy (non-hydrogen) atoms. The van der Waals surface area contributed by atoms with Crippen molar-refractivity contribution in [1.29, 1.82) is 0 Å². The Bertz CT molecular complexity index is 1410. The van der Waals surface area contributed by atoms with Crippen LogP contribution >= 0.6 is 0 Å². The number of fused-ring (bicyclic) bond motifs is 2. The molecule has 1 aliphatic rings. The fourth-order valence-electron chi connectivity index (χ4n) is 5.33. The molecule has 5 rings (SSSR count). The molecule has 1 unspecified atom stereocenters. The normalized spacial score (nSPS) is 15.2. The topological polar surface area (TPSA) is 57.7 Å². The lowest BCUT2D eigenvalue weighted by molar-refractivity contribution is 0.0629. The largest absolute Gasteiger partial charge is 0.494 e. The van der Waals surface area contributed by atoms with Crippen molar-refractivity contribution in [3.63, 3.8) is 0 Å². The second kappa shape index (κ2) is 12.6. The van der Waals surface area contributed by atoms with E-state index in [9.17, 15) is 4.79 Å². The van der Waals surface area contributed by atoms with Crippen molar-refractivity contribution in [2.75, 3.05) is 39.3 Å². The molecule has 0 saturated carbocycles. The number of carbonyl (C=O) groups is 1. The molecule has 1 atom stereocenters. The summed E-state index contributed by atoms with van der Waals surface area (Å²) in [5.74, 6) is 1.67. The van der Waals surface area contributed by atoms with E-state index in [0.717, 1.165) is 74.5 Å². The molecule has 1 aliphatic heterocycles. The smallest absolute Gasteiger partial charge is 0.254 e. The number of aromatic nitrogens is 1. The van der Waals surface area contributed by atoms with Crippen LogP contribution in [0.4, 0.5) is 0 Å². The molecular formula is C33H40N4O2. The molecule has 4 aromatic rings. The van der Waals surface area contributed by atoms with Gasteiger partial charge in [0.05, 0.1) is 12.1 Å². The predicted molar refractivity (Wildman–Crippen MR) is 159 cm³/mol. The van der Waals surface area contributed by atoms with E-state index in [-0.39, 0.29) is 5.91 Å². The Labute approximate surface area is 232 Å². The zero-order valence-electron chi connectivity index (χ0n) is 23.4. The van der Waals surface area contributed by atoms with Gasteiger partial charge in [0, 0.05) is 62.5 Å². The summed E-state index contributed by atoms with van der Waals surface area (Å²) in [5, 5.41) is 7.14. The number of hydrogen-bond acceptors (Lipinski definition) is 5. The molecule has 3 aromatic carbocycles. The van der Waals surface area contributed by atoms with Gasteiger partial charge in [-0.1, -0.05) is 50.2 Å². The third kappa shape index (κ3) is 6.75. The third-order valence-electron chi connectivity index (χ3n) is 7.59. The average Bonchev–Trinajstić information content (AvgIpc) is 2.95. The van der Waals surface area contributed by atoms with Gasteiger partial charge in [0.2, 0.25) is 0 Å². The molecule has 1 aromatic heterocycles. The van der Waals surface area contributed by atoms with E-state index in [2.05, 4.69) is 72.4 Å². The van der Waals surface area contributed by atoms with Gasteiger partial charge in [-0.05, 0) is 65.9 Å². The van der Waals surface area contributed by atoms with E-state index >= 15 is 0 Å². The van der Waals surface area contributed by atoms with Gasteiger partial charge < -0.3 is 15.0 Å². The SMILES string of the molecule is CC(C)CCOc1cc(CNC(C)CN2CCN(C(=O)c3cccc4ncccc34)CC2)c2ccccc2c1. The minimum absolute atomic E-state index is 0.0989. The van der Waals surface area contributed by atoms with Crippen molar-refractivity contribution in [2.45, 2.75) is 39.8 Å². The van der Waals surface area contributed by atoms with Crippen LogP contribution in [0.15, 0.2) is 72.9 Å². The zero-order valence-corrected chi connectivity index (χ0v) is 23.4. The summed E-state index contributed by atoms with van der Waals surface area (Å²) in [6, 6.07) is 22.9. The summed E-state index contributed by atoms with van der Waals surface area (Å²) in [4.78, 5) is 22.1. The maximum Gasteiger partial charge on any atom is 0.254 e. The molecule has 0 spiro atoms. The Hall–Kier alpha value is -3.48. The standard InChI is InChI=1S/C33H40N4O2/c1-24(2)13-19-39-28-20-26-8-4-5-9-29(26)27(21-28)22-35-25(3)23-36-15-17-37(18-16-36)33(38)31-10-6-12-32-30(31)11-7-14-34-32/h4-12,14,20-21,24-25,35H,13,15-19,22-23H2,1-3H3. The first-order valence-electron chi connectivity index (χ1n) is 14.2. The average molecular weight is 525 g/mol. The number of hydrogen-bond donors (Lipinski definition) is 1. The van der Waals surface area contributed by atoms with Crippen molar-refractivity contribution in [1.82, 2.24) is 20.1 Å². The van der Waals surface area contributed by atoms with Gasteiger partial charge in [0.1, 0.15) is 5.75 Å². The van der Waals surface area contributed by atoms with E-state index in [1.54, 1.807) is 6.20 Å². The van der Waals surface area contributed by atoms with Gasteiger partial charge >= 0.3 is 0 Å². The van der Waals surface area contributed by atoms with Crippen LogP contribution in [0.25, 0.3) is 21.7 Å². The molecule has 6 heteroatoms. The van der Waals surface area contributed by atoms with Crippen LogP contribution < -0.4 is 10.1 Å². The van der Waals surface area contributed by atoms with Gasteiger partial charge in [-0.2, -0.15) is 0 Å². The number of ether oxygens (including phenoxy) is 1. The van der Waals surface area contributed by atoms with Crippen molar-refractivity contribution in [2.24, 2.45) is 5.92 Å². The minimum atomic E-state index is 0.0989. The number of nitrogens with one attached hydrogen (secondary N) is 1. The second-order valence-electron chi connectivity index (χ2n) is 11.1. The number of piperazine rings is 1. The Morgan fingerprint density at radius 3 is 2.56 bits per heavy atom. The monoisotopic (exact) mass is 524 g/mol. The molecule has 0 bridgehead atoms. The Kier molecular flexibility index (Phi) is 8.74. The quantitative estimate of drug-likeness (QED) is 0.286. The highest BCUT2D eigenvalue weighted by Gasteiger charge is 2.24. The molecule has 6 nitrogen and oxygen atoms in total. The first-order chi connectivity index (χ1) is 19.0. The van der Waals surface area contributed by atoms with Gasteiger partial charge in [-0.15, -0.1) is 0 Å². The number of amides is 1. The van der Waals surface area contributed by atoms with Crippen LogP contribution in [0.2, 0.25) is 0 Å². The fourth-order valence-corrected chi connectivity index (χ4v) is 5.33. The summed E-state index contributed by atoms with van der Waals surface area (Å²) >= 11 is 0. The van der Waals surface area contributed by atoms with Crippen LogP contribution in [-0.4, -0.2) is 66.1 Å². The summed E-state index contributed by atoms with van der Waals surface area (Å²) in [5.41, 5.74) is 2.87. The molecule has 2 heterocycles. The minimum Gasteiger partial charge on any atom is -0.494 e. The lowest BCUT2D eigenvalue weighted by Crippen LogP contribution is -2.51. The van der Waals surface area contributed by atoms with Crippen molar-refractivity contribution >= 4 is 27.6 Å². The number of nitrogens with zero attached hydrogens (tertiary/aromatic N) is 3. The van der Waals surface area contributed by atoms with E-state index in [1.807, 2.05) is 35.2 Å². The maximum absolute atomic E-state index is 13.3. The Morgan fingerprint density at radius 2 is 1.74 bits per heavy atom. The van der Waals surface area contributed by atoms with Crippen LogP contribution in [0, 0.1) is 5.92 Å². The first kappa shape index (κ1) is 27.1. The van der Waals surface area contributed by atoms with Crippen molar-refractivity contribution < 1.29 is 9.53 Å². The fraction of sp³-hybridized carbons (Fsp3) is 0.394. The number of rotatable bonds is 10. The highest BCUT2D eigenvalue weighted by atomic mass is 16.5. The Balaban J connectivity index is 1.15. The Morgan fingerprint density at radius 1 is 0.949 bits per heavy atom. The van der Waals surface area contributed by atoms with Gasteiger partial charge in [-0.25, -0.2) is 0 Å². The van der Waals surface area contributed by atoms with Crippen LogP contribution in [-0.2, 0) is 6.54 Å². The lowest BCUT2D eigenvalue weighted by atomic mass is 10.0. The van der Waals surface area contributed by atoms with E-state index in [1.165, 1.54) is 16.3 Å². The van der Waals surface area contributed by atoms with Crippen LogP contribution in [0.5, 0.6) is 5.75 Å². The summed E-state index contributed by atoms with van der Waals surface area (Å²) < 4.78 is 6.11. The summed E-state index contributed by atoms with van der Waals surface area (Å²) in [6.45, 7) is 12.4. The van der Waals surface area contributed by atoms with Gasteiger partial charge in [0.15, 0.2) is 0 Å². The number of benzene rings is 3. The molecule has 1 fully saturated rings. The highest BCUT2D eigenvalue weighted by molar-refractivity contribution is 6.06. The molecule has 1 saturated heterocycles. The number of pyridine rings is 1. The highest BCUT2D eigenvalue weighted by Crippen LogP contribution is 2.26. The predicted octanol–water partition coefficient (Wildman–Crippen LogP) is 5.75. The van der Waals surface area contributed by atoms with Crippen LogP contribution in [0.1, 0.15) is 43.1 Å². The zero-order chi connectivity index (χ0) is 27.2. The van der Waals surface area contributed by atoms with E-state index in [4.69, 9.17) is 4.74 Å². The lowest BCUT2D eigenvalue weighted by Gasteiger charge is -2.36. The third-order valence-corrected chi connectivity index (χ3v) is 7.59. The van der Waals surface area contributed by atoms with Crippen LogP contribution in [0.3, 0.4) is 0 Å². The van der Waals surface area contributed by atoms with Gasteiger partial charge in [-0.3, -0.25) is 14.7 Å².